The molecule has 1 aromatic rings. The molecule has 0 aliphatic heterocycles. The number of aromatic hydroxyl groups is 1. The maximum atomic E-state index is 14.0. The molecule has 0 heterocycles. The molecular formula is C16H17F2O5-. The highest BCUT2D eigenvalue weighted by Gasteiger charge is 2.48. The SMILES string of the molecule is O=C(OC(C1CCCCC1)C(F)(F)C(=O)[O-])c1ccc(O)cc1. The summed E-state index contributed by atoms with van der Waals surface area (Å²) in [6, 6.07) is 4.85. The molecule has 1 N–H and O–H groups in total. The molecule has 2 rings (SSSR count). The summed E-state index contributed by atoms with van der Waals surface area (Å²) in [7, 11) is 0. The van der Waals surface area contributed by atoms with E-state index in [2.05, 4.69) is 0 Å². The summed E-state index contributed by atoms with van der Waals surface area (Å²) >= 11 is 0. The highest BCUT2D eigenvalue weighted by atomic mass is 19.3. The van der Waals surface area contributed by atoms with Crippen LogP contribution in [-0.2, 0) is 9.53 Å². The zero-order valence-electron chi connectivity index (χ0n) is 12.3. The topological polar surface area (TPSA) is 86.7 Å². The van der Waals surface area contributed by atoms with Gasteiger partial charge in [-0.2, -0.15) is 8.78 Å². The van der Waals surface area contributed by atoms with Crippen LogP contribution in [0, 0.1) is 5.92 Å². The number of carboxylic acids is 1. The standard InChI is InChI=1S/C16H18F2O5/c17-16(18,15(21)22)13(10-4-2-1-3-5-10)23-14(20)11-6-8-12(19)9-7-11/h6-10,13,19H,1-5H2,(H,21,22)/p-1. The molecular weight excluding hydrogens is 310 g/mol. The Hall–Kier alpha value is -2.18. The smallest absolute Gasteiger partial charge is 0.338 e. The summed E-state index contributed by atoms with van der Waals surface area (Å²) in [5.41, 5.74) is -0.0437. The van der Waals surface area contributed by atoms with Gasteiger partial charge in [-0.3, -0.25) is 0 Å². The van der Waals surface area contributed by atoms with Crippen molar-refractivity contribution < 1.29 is 33.3 Å². The van der Waals surface area contributed by atoms with E-state index in [0.29, 0.717) is 25.7 Å². The summed E-state index contributed by atoms with van der Waals surface area (Å²) in [4.78, 5) is 22.8. The minimum absolute atomic E-state index is 0.0437. The second-order valence-electron chi connectivity index (χ2n) is 5.68. The number of phenolic OH excluding ortho intramolecular Hbond substituents is 1. The Morgan fingerprint density at radius 1 is 1.17 bits per heavy atom. The van der Waals surface area contributed by atoms with Crippen LogP contribution in [0.2, 0.25) is 0 Å². The lowest BCUT2D eigenvalue weighted by Crippen LogP contribution is -2.54. The number of aliphatic carboxylic acids is 1. The monoisotopic (exact) mass is 327 g/mol. The number of alkyl halides is 2. The van der Waals surface area contributed by atoms with E-state index in [-0.39, 0.29) is 11.3 Å². The molecule has 7 heteroatoms. The van der Waals surface area contributed by atoms with Gasteiger partial charge in [0.2, 0.25) is 0 Å². The van der Waals surface area contributed by atoms with Gasteiger partial charge in [-0.25, -0.2) is 4.79 Å². The molecule has 5 nitrogen and oxygen atoms in total. The number of rotatable bonds is 5. The van der Waals surface area contributed by atoms with Crippen LogP contribution < -0.4 is 5.11 Å². The van der Waals surface area contributed by atoms with Crippen LogP contribution in [0.3, 0.4) is 0 Å². The van der Waals surface area contributed by atoms with Crippen molar-refractivity contribution in [1.82, 2.24) is 0 Å². The third-order valence-corrected chi connectivity index (χ3v) is 4.04. The molecule has 0 saturated heterocycles. The summed E-state index contributed by atoms with van der Waals surface area (Å²) in [6.45, 7) is 0. The zero-order valence-corrected chi connectivity index (χ0v) is 12.3. The Morgan fingerprint density at radius 2 is 1.74 bits per heavy atom. The summed E-state index contributed by atoms with van der Waals surface area (Å²) in [5, 5.41) is 20.0. The van der Waals surface area contributed by atoms with Gasteiger partial charge in [-0.15, -0.1) is 0 Å². The van der Waals surface area contributed by atoms with E-state index >= 15 is 0 Å². The average molecular weight is 327 g/mol. The van der Waals surface area contributed by atoms with Crippen LogP contribution in [0.1, 0.15) is 42.5 Å². The van der Waals surface area contributed by atoms with Gasteiger partial charge < -0.3 is 19.7 Å². The first-order valence-corrected chi connectivity index (χ1v) is 7.41. The quantitative estimate of drug-likeness (QED) is 0.835. The van der Waals surface area contributed by atoms with Gasteiger partial charge >= 0.3 is 11.9 Å². The first kappa shape index (κ1) is 17.2. The Bertz CT molecular complexity index is 564. The molecule has 0 radical (unpaired) electrons. The summed E-state index contributed by atoms with van der Waals surface area (Å²) in [5.74, 6) is -8.68. The van der Waals surface area contributed by atoms with Crippen LogP contribution >= 0.6 is 0 Å². The van der Waals surface area contributed by atoms with Crippen molar-refractivity contribution in [2.24, 2.45) is 5.92 Å². The predicted octanol–water partition coefficient (Wildman–Crippen LogP) is 1.88. The largest absolute Gasteiger partial charge is 0.544 e. The third kappa shape index (κ3) is 3.97. The number of phenols is 1. The number of benzene rings is 1. The number of esters is 1. The van der Waals surface area contributed by atoms with E-state index in [1.54, 1.807) is 0 Å². The number of ether oxygens (including phenoxy) is 1. The van der Waals surface area contributed by atoms with Crippen LogP contribution in [0.15, 0.2) is 24.3 Å². The lowest BCUT2D eigenvalue weighted by molar-refractivity contribution is -0.337. The maximum absolute atomic E-state index is 14.0. The van der Waals surface area contributed by atoms with E-state index < -0.39 is 29.9 Å². The van der Waals surface area contributed by atoms with Crippen molar-refractivity contribution >= 4 is 11.9 Å². The Labute approximate surface area is 131 Å². The van der Waals surface area contributed by atoms with E-state index in [0.717, 1.165) is 6.42 Å². The van der Waals surface area contributed by atoms with Gasteiger partial charge in [0.1, 0.15) is 11.7 Å². The van der Waals surface area contributed by atoms with Crippen molar-refractivity contribution in [3.8, 4) is 5.75 Å². The van der Waals surface area contributed by atoms with Gasteiger partial charge in [0, 0.05) is 5.92 Å². The number of carbonyl (C=O) groups excluding carboxylic acids is 2. The molecule has 0 bridgehead atoms. The van der Waals surface area contributed by atoms with Crippen molar-refractivity contribution in [3.63, 3.8) is 0 Å². The van der Waals surface area contributed by atoms with E-state index in [4.69, 9.17) is 9.84 Å². The van der Waals surface area contributed by atoms with Crippen LogP contribution in [-0.4, -0.2) is 29.1 Å². The zero-order chi connectivity index (χ0) is 17.0. The highest BCUT2D eigenvalue weighted by Crippen LogP contribution is 2.36. The fourth-order valence-electron chi connectivity index (χ4n) is 2.80. The Kier molecular flexibility index (Phi) is 5.18. The number of hydrogen-bond donors (Lipinski definition) is 1. The Balaban J connectivity index is 2.21. The average Bonchev–Trinajstić information content (AvgIpc) is 2.53. The minimum Gasteiger partial charge on any atom is -0.544 e. The molecule has 126 valence electrons. The van der Waals surface area contributed by atoms with E-state index in [1.807, 2.05) is 0 Å². The fourth-order valence-corrected chi connectivity index (χ4v) is 2.80. The number of carbonyl (C=O) groups is 2. The molecule has 1 aromatic carbocycles. The molecule has 1 atom stereocenters. The van der Waals surface area contributed by atoms with Crippen LogP contribution in [0.5, 0.6) is 5.75 Å². The number of carboxylic acid groups (broad SMARTS) is 1. The molecule has 0 amide bonds. The van der Waals surface area contributed by atoms with E-state index in [9.17, 15) is 23.5 Å². The normalized spacial score (nSPS) is 17.5. The Morgan fingerprint density at radius 3 is 2.26 bits per heavy atom. The van der Waals surface area contributed by atoms with Crippen LogP contribution in [0.4, 0.5) is 8.78 Å². The summed E-state index contributed by atoms with van der Waals surface area (Å²) < 4.78 is 32.8. The summed E-state index contributed by atoms with van der Waals surface area (Å²) in [6.07, 6.45) is 0.926. The molecule has 23 heavy (non-hydrogen) atoms. The molecule has 0 spiro atoms. The van der Waals surface area contributed by atoms with Crippen molar-refractivity contribution in [3.05, 3.63) is 29.8 Å². The molecule has 1 unspecified atom stereocenters. The van der Waals surface area contributed by atoms with Crippen molar-refractivity contribution in [2.45, 2.75) is 44.1 Å². The van der Waals surface area contributed by atoms with Crippen molar-refractivity contribution in [1.29, 1.82) is 0 Å². The van der Waals surface area contributed by atoms with Crippen molar-refractivity contribution in [2.75, 3.05) is 0 Å². The van der Waals surface area contributed by atoms with Gasteiger partial charge in [-0.1, -0.05) is 19.3 Å². The molecule has 1 saturated carbocycles. The third-order valence-electron chi connectivity index (χ3n) is 4.04. The maximum Gasteiger partial charge on any atom is 0.338 e. The minimum atomic E-state index is -4.26. The lowest BCUT2D eigenvalue weighted by Gasteiger charge is -2.35. The lowest BCUT2D eigenvalue weighted by atomic mass is 9.83. The van der Waals surface area contributed by atoms with Gasteiger partial charge in [0.15, 0.2) is 6.10 Å². The van der Waals surface area contributed by atoms with Gasteiger partial charge in [-0.05, 0) is 37.1 Å². The first-order chi connectivity index (χ1) is 10.8. The van der Waals surface area contributed by atoms with Gasteiger partial charge in [0.05, 0.1) is 5.56 Å². The fraction of sp³-hybridized carbons (Fsp3) is 0.500. The number of hydrogen-bond acceptors (Lipinski definition) is 5. The first-order valence-electron chi connectivity index (χ1n) is 7.41. The number of halogens is 2. The van der Waals surface area contributed by atoms with Crippen LogP contribution in [0.25, 0.3) is 0 Å². The van der Waals surface area contributed by atoms with Gasteiger partial charge in [0.25, 0.3) is 0 Å². The molecule has 1 fully saturated rings. The second kappa shape index (κ2) is 6.93. The molecule has 1 aliphatic rings. The molecule has 0 aromatic heterocycles. The van der Waals surface area contributed by atoms with E-state index in [1.165, 1.54) is 24.3 Å². The second-order valence-corrected chi connectivity index (χ2v) is 5.68. The molecule has 1 aliphatic carbocycles. The predicted molar refractivity (Wildman–Crippen MR) is 73.8 cm³/mol. The highest BCUT2D eigenvalue weighted by molar-refractivity contribution is 5.90.